The van der Waals surface area contributed by atoms with E-state index in [9.17, 15) is 4.79 Å². The molecule has 0 aliphatic rings. The maximum atomic E-state index is 12.0. The Bertz CT molecular complexity index is 763. The van der Waals surface area contributed by atoms with Gasteiger partial charge in [0, 0.05) is 31.7 Å². The maximum absolute atomic E-state index is 12.0. The highest BCUT2D eigenvalue weighted by molar-refractivity contribution is 5.94. The van der Waals surface area contributed by atoms with Crippen molar-refractivity contribution in [3.8, 4) is 11.5 Å². The number of aromatic nitrogens is 4. The number of pyridine rings is 1. The molecule has 3 aromatic heterocycles. The van der Waals surface area contributed by atoms with Gasteiger partial charge in [-0.05, 0) is 19.1 Å². The Morgan fingerprint density at radius 1 is 1.32 bits per heavy atom. The van der Waals surface area contributed by atoms with Crippen LogP contribution in [0.1, 0.15) is 16.1 Å². The van der Waals surface area contributed by atoms with Crippen LogP contribution >= 0.6 is 0 Å². The van der Waals surface area contributed by atoms with Crippen molar-refractivity contribution in [3.05, 3.63) is 54.3 Å². The SMILES string of the molecule is Cc1oncc1C(=O)NCCn1ccnc1-c1ccccn1. The molecule has 22 heavy (non-hydrogen) atoms. The number of rotatable bonds is 5. The van der Waals surface area contributed by atoms with Gasteiger partial charge in [0.15, 0.2) is 5.82 Å². The summed E-state index contributed by atoms with van der Waals surface area (Å²) in [6.07, 6.45) is 6.73. The van der Waals surface area contributed by atoms with E-state index in [0.29, 0.717) is 24.4 Å². The normalized spacial score (nSPS) is 10.6. The van der Waals surface area contributed by atoms with E-state index in [1.807, 2.05) is 29.0 Å². The molecule has 0 bridgehead atoms. The average Bonchev–Trinajstić information content (AvgIpc) is 3.17. The third-order valence-electron chi connectivity index (χ3n) is 3.24. The smallest absolute Gasteiger partial charge is 0.256 e. The minimum atomic E-state index is -0.196. The molecule has 0 saturated carbocycles. The van der Waals surface area contributed by atoms with Gasteiger partial charge in [-0.1, -0.05) is 11.2 Å². The second-order valence-corrected chi connectivity index (χ2v) is 4.71. The summed E-state index contributed by atoms with van der Waals surface area (Å²) < 4.78 is 6.83. The van der Waals surface area contributed by atoms with Gasteiger partial charge in [-0.25, -0.2) is 4.98 Å². The Balaban J connectivity index is 1.63. The first-order valence-corrected chi connectivity index (χ1v) is 6.87. The van der Waals surface area contributed by atoms with Crippen LogP contribution in [-0.2, 0) is 6.54 Å². The summed E-state index contributed by atoms with van der Waals surface area (Å²) in [5.41, 5.74) is 1.25. The summed E-state index contributed by atoms with van der Waals surface area (Å²) in [4.78, 5) is 20.6. The molecular weight excluding hydrogens is 282 g/mol. The van der Waals surface area contributed by atoms with Gasteiger partial charge in [0.05, 0.1) is 6.20 Å². The Morgan fingerprint density at radius 3 is 2.95 bits per heavy atom. The summed E-state index contributed by atoms with van der Waals surface area (Å²) in [5, 5.41) is 6.43. The molecule has 0 saturated heterocycles. The van der Waals surface area contributed by atoms with Crippen molar-refractivity contribution in [2.75, 3.05) is 6.54 Å². The lowest BCUT2D eigenvalue weighted by Gasteiger charge is -2.08. The Hall–Kier alpha value is -2.96. The summed E-state index contributed by atoms with van der Waals surface area (Å²) in [7, 11) is 0. The van der Waals surface area contributed by atoms with Gasteiger partial charge in [0.1, 0.15) is 17.0 Å². The van der Waals surface area contributed by atoms with Gasteiger partial charge < -0.3 is 14.4 Å². The molecule has 3 aromatic rings. The minimum absolute atomic E-state index is 0.196. The first-order valence-electron chi connectivity index (χ1n) is 6.87. The van der Waals surface area contributed by atoms with Crippen LogP contribution in [-0.4, -0.2) is 32.1 Å². The standard InChI is InChI=1S/C15H15N5O2/c1-11-12(10-19-22-11)15(21)18-7-9-20-8-6-17-14(20)13-4-2-3-5-16-13/h2-6,8,10H,7,9H2,1H3,(H,18,21). The number of hydrogen-bond acceptors (Lipinski definition) is 5. The van der Waals surface area contributed by atoms with Crippen LogP contribution in [0.25, 0.3) is 11.5 Å². The zero-order chi connectivity index (χ0) is 15.4. The zero-order valence-electron chi connectivity index (χ0n) is 12.1. The van der Waals surface area contributed by atoms with Gasteiger partial charge in [-0.2, -0.15) is 0 Å². The van der Waals surface area contributed by atoms with Crippen LogP contribution in [0.15, 0.2) is 47.5 Å². The number of imidazole rings is 1. The van der Waals surface area contributed by atoms with Crippen LogP contribution in [0.3, 0.4) is 0 Å². The first-order chi connectivity index (χ1) is 10.8. The lowest BCUT2D eigenvalue weighted by Crippen LogP contribution is -2.27. The monoisotopic (exact) mass is 297 g/mol. The zero-order valence-corrected chi connectivity index (χ0v) is 12.1. The predicted molar refractivity (Wildman–Crippen MR) is 79.0 cm³/mol. The van der Waals surface area contributed by atoms with Crippen LogP contribution in [0.5, 0.6) is 0 Å². The van der Waals surface area contributed by atoms with Gasteiger partial charge in [0.2, 0.25) is 0 Å². The summed E-state index contributed by atoms with van der Waals surface area (Å²) in [5.74, 6) is 1.09. The molecule has 112 valence electrons. The fourth-order valence-corrected chi connectivity index (χ4v) is 2.12. The van der Waals surface area contributed by atoms with E-state index in [1.165, 1.54) is 6.20 Å². The lowest BCUT2D eigenvalue weighted by atomic mass is 10.2. The van der Waals surface area contributed by atoms with E-state index in [-0.39, 0.29) is 5.91 Å². The topological polar surface area (TPSA) is 85.8 Å². The number of nitrogens with one attached hydrogen (secondary N) is 1. The maximum Gasteiger partial charge on any atom is 0.256 e. The number of aryl methyl sites for hydroxylation is 1. The largest absolute Gasteiger partial charge is 0.361 e. The lowest BCUT2D eigenvalue weighted by molar-refractivity contribution is 0.0951. The highest BCUT2D eigenvalue weighted by atomic mass is 16.5. The van der Waals surface area contributed by atoms with Crippen molar-refractivity contribution in [2.45, 2.75) is 13.5 Å². The molecule has 0 atom stereocenters. The van der Waals surface area contributed by atoms with Crippen LogP contribution in [0.2, 0.25) is 0 Å². The van der Waals surface area contributed by atoms with Gasteiger partial charge in [-0.3, -0.25) is 9.78 Å². The molecule has 0 radical (unpaired) electrons. The Labute approximate surface area is 127 Å². The number of hydrogen-bond donors (Lipinski definition) is 1. The van der Waals surface area contributed by atoms with E-state index in [1.54, 1.807) is 19.3 Å². The van der Waals surface area contributed by atoms with Crippen LogP contribution in [0.4, 0.5) is 0 Å². The molecule has 1 N–H and O–H groups in total. The van der Waals surface area contributed by atoms with E-state index in [0.717, 1.165) is 11.5 Å². The van der Waals surface area contributed by atoms with Crippen molar-refractivity contribution in [1.29, 1.82) is 0 Å². The van der Waals surface area contributed by atoms with Crippen molar-refractivity contribution < 1.29 is 9.32 Å². The van der Waals surface area contributed by atoms with E-state index in [2.05, 4.69) is 20.4 Å². The molecule has 7 nitrogen and oxygen atoms in total. The fraction of sp³-hybridized carbons (Fsp3) is 0.200. The number of amides is 1. The quantitative estimate of drug-likeness (QED) is 0.774. The summed E-state index contributed by atoms with van der Waals surface area (Å²) >= 11 is 0. The van der Waals surface area contributed by atoms with Crippen LogP contribution < -0.4 is 5.32 Å². The molecule has 0 fully saturated rings. The molecule has 7 heteroatoms. The fourth-order valence-electron chi connectivity index (χ4n) is 2.12. The molecule has 0 aliphatic heterocycles. The third-order valence-corrected chi connectivity index (χ3v) is 3.24. The minimum Gasteiger partial charge on any atom is -0.361 e. The van der Waals surface area contributed by atoms with Gasteiger partial charge in [0.25, 0.3) is 5.91 Å². The Kier molecular flexibility index (Phi) is 3.95. The molecule has 0 aromatic carbocycles. The molecular formula is C15H15N5O2. The van der Waals surface area contributed by atoms with Crippen molar-refractivity contribution >= 4 is 5.91 Å². The molecule has 3 heterocycles. The summed E-state index contributed by atoms with van der Waals surface area (Å²) in [6.45, 7) is 2.78. The van der Waals surface area contributed by atoms with Crippen molar-refractivity contribution in [1.82, 2.24) is 25.0 Å². The average molecular weight is 297 g/mol. The van der Waals surface area contributed by atoms with E-state index in [4.69, 9.17) is 4.52 Å². The highest BCUT2D eigenvalue weighted by Crippen LogP contribution is 2.13. The first kappa shape index (κ1) is 14.0. The van der Waals surface area contributed by atoms with Gasteiger partial charge >= 0.3 is 0 Å². The third kappa shape index (κ3) is 2.88. The second-order valence-electron chi connectivity index (χ2n) is 4.71. The second kappa shape index (κ2) is 6.21. The summed E-state index contributed by atoms with van der Waals surface area (Å²) in [6, 6.07) is 5.67. The van der Waals surface area contributed by atoms with Crippen LogP contribution in [0, 0.1) is 6.92 Å². The number of carbonyl (C=O) groups is 1. The molecule has 1 amide bonds. The predicted octanol–water partition coefficient (Wildman–Crippen LogP) is 1.67. The van der Waals surface area contributed by atoms with Crippen molar-refractivity contribution in [2.24, 2.45) is 0 Å². The Morgan fingerprint density at radius 2 is 2.23 bits per heavy atom. The number of carbonyl (C=O) groups excluding carboxylic acids is 1. The van der Waals surface area contributed by atoms with E-state index >= 15 is 0 Å². The van der Waals surface area contributed by atoms with Gasteiger partial charge in [-0.15, -0.1) is 0 Å². The van der Waals surface area contributed by atoms with E-state index < -0.39 is 0 Å². The van der Waals surface area contributed by atoms with Crippen molar-refractivity contribution in [3.63, 3.8) is 0 Å². The molecule has 3 rings (SSSR count). The highest BCUT2D eigenvalue weighted by Gasteiger charge is 2.12. The molecule has 0 spiro atoms. The molecule has 0 unspecified atom stereocenters. The molecule has 0 aliphatic carbocycles. The number of nitrogens with zero attached hydrogens (tertiary/aromatic N) is 4.